The monoisotopic (exact) mass is 526 g/mol. The first kappa shape index (κ1) is 26.9. The van der Waals surface area contributed by atoms with Gasteiger partial charge in [0.25, 0.3) is 0 Å². The zero-order valence-electron chi connectivity index (χ0n) is 22.6. The minimum Gasteiger partial charge on any atom is -0.493 e. The molecule has 3 aromatic carbocycles. The maximum absolute atomic E-state index is 13.9. The van der Waals surface area contributed by atoms with Gasteiger partial charge in [0.2, 0.25) is 0 Å². The van der Waals surface area contributed by atoms with Gasteiger partial charge in [0.05, 0.1) is 7.11 Å². The van der Waals surface area contributed by atoms with Crippen LogP contribution in [0.3, 0.4) is 0 Å². The normalized spacial score (nSPS) is 19.4. The number of para-hydroxylation sites is 1. The highest BCUT2D eigenvalue weighted by atomic mass is 19.1. The van der Waals surface area contributed by atoms with Crippen molar-refractivity contribution in [3.05, 3.63) is 106 Å². The summed E-state index contributed by atoms with van der Waals surface area (Å²) in [5, 5.41) is 0. The largest absolute Gasteiger partial charge is 0.493 e. The molecule has 39 heavy (non-hydrogen) atoms. The molecule has 0 aromatic heterocycles. The Morgan fingerprint density at radius 2 is 1.69 bits per heavy atom. The van der Waals surface area contributed by atoms with Crippen molar-refractivity contribution in [3.8, 4) is 11.5 Å². The van der Waals surface area contributed by atoms with Crippen molar-refractivity contribution in [2.45, 2.75) is 63.9 Å². The van der Waals surface area contributed by atoms with Crippen molar-refractivity contribution >= 4 is 11.6 Å². The van der Waals surface area contributed by atoms with Crippen molar-refractivity contribution in [3.63, 3.8) is 0 Å². The fourth-order valence-electron chi connectivity index (χ4n) is 6.05. The van der Waals surface area contributed by atoms with Gasteiger partial charge in [0.15, 0.2) is 23.1 Å². The van der Waals surface area contributed by atoms with E-state index in [1.165, 1.54) is 18.6 Å². The smallest absolute Gasteiger partial charge is 0.164 e. The van der Waals surface area contributed by atoms with Crippen LogP contribution in [0, 0.1) is 11.7 Å². The molecule has 0 N–H and O–H groups in total. The van der Waals surface area contributed by atoms with E-state index in [0.717, 1.165) is 47.9 Å². The van der Waals surface area contributed by atoms with E-state index >= 15 is 0 Å². The van der Waals surface area contributed by atoms with Crippen LogP contribution < -0.4 is 9.47 Å². The number of carbonyl (C=O) groups is 2. The van der Waals surface area contributed by atoms with Crippen LogP contribution >= 0.6 is 0 Å². The molecule has 0 saturated heterocycles. The number of carbonyl (C=O) groups excluding carboxylic acids is 2. The van der Waals surface area contributed by atoms with Crippen LogP contribution in [0.5, 0.6) is 11.5 Å². The fourth-order valence-corrected chi connectivity index (χ4v) is 6.05. The van der Waals surface area contributed by atoms with Crippen molar-refractivity contribution in [1.29, 1.82) is 0 Å². The second-order valence-electron chi connectivity index (χ2n) is 10.7. The number of hydrogen-bond donors (Lipinski definition) is 0. The van der Waals surface area contributed by atoms with E-state index in [9.17, 15) is 14.0 Å². The number of allylic oxidation sites excluding steroid dienone is 2. The summed E-state index contributed by atoms with van der Waals surface area (Å²) in [7, 11) is 1.63. The van der Waals surface area contributed by atoms with E-state index in [4.69, 9.17) is 9.47 Å². The highest BCUT2D eigenvalue weighted by molar-refractivity contribution is 5.99. The van der Waals surface area contributed by atoms with Gasteiger partial charge in [-0.15, -0.1) is 0 Å². The lowest BCUT2D eigenvalue weighted by molar-refractivity contribution is -0.120. The highest BCUT2D eigenvalue weighted by Gasteiger charge is 2.37. The summed E-state index contributed by atoms with van der Waals surface area (Å²) in [4.78, 5) is 25.7. The number of Topliss-reactive ketones (excluding diaryl/α,β-unsaturated/α-hetero) is 2. The van der Waals surface area contributed by atoms with Gasteiger partial charge in [-0.2, -0.15) is 0 Å². The molecule has 5 rings (SSSR count). The summed E-state index contributed by atoms with van der Waals surface area (Å²) in [6.07, 6.45) is 8.05. The Labute approximate surface area is 229 Å². The number of ketones is 2. The molecule has 0 heterocycles. The van der Waals surface area contributed by atoms with Gasteiger partial charge in [-0.25, -0.2) is 4.39 Å². The molecule has 1 fully saturated rings. The highest BCUT2D eigenvalue weighted by Crippen LogP contribution is 2.49. The van der Waals surface area contributed by atoms with Crippen LogP contribution in [-0.2, 0) is 11.4 Å². The second kappa shape index (κ2) is 12.0. The van der Waals surface area contributed by atoms with Gasteiger partial charge >= 0.3 is 0 Å². The van der Waals surface area contributed by atoms with Crippen LogP contribution in [-0.4, -0.2) is 18.7 Å². The van der Waals surface area contributed by atoms with Crippen molar-refractivity contribution in [2.75, 3.05) is 7.11 Å². The van der Waals surface area contributed by atoms with Crippen LogP contribution in [0.25, 0.3) is 0 Å². The van der Waals surface area contributed by atoms with Crippen LogP contribution in [0.1, 0.15) is 84.3 Å². The van der Waals surface area contributed by atoms with E-state index in [-0.39, 0.29) is 41.7 Å². The van der Waals surface area contributed by atoms with Crippen LogP contribution in [0.15, 0.2) is 78.4 Å². The second-order valence-corrected chi connectivity index (χ2v) is 10.7. The molecular weight excluding hydrogens is 491 g/mol. The lowest BCUT2D eigenvalue weighted by Gasteiger charge is -2.25. The topological polar surface area (TPSA) is 52.6 Å². The van der Waals surface area contributed by atoms with Crippen molar-refractivity contribution < 1.29 is 23.5 Å². The summed E-state index contributed by atoms with van der Waals surface area (Å²) in [5.74, 6) is 1.12. The van der Waals surface area contributed by atoms with Gasteiger partial charge in [-0.3, -0.25) is 9.59 Å². The Kier molecular flexibility index (Phi) is 8.25. The molecule has 5 heteroatoms. The maximum Gasteiger partial charge on any atom is 0.164 e. The number of benzene rings is 3. The average molecular weight is 527 g/mol. The van der Waals surface area contributed by atoms with E-state index in [2.05, 4.69) is 6.08 Å². The summed E-state index contributed by atoms with van der Waals surface area (Å²) < 4.78 is 25.8. The SMILES string of the molecule is COc1c(OCc2cccc(C(C)=O)c2)cccc1C1CC(c2ccc(F)cc2)C=C1C(=O)C1CCCCC1. The minimum absolute atomic E-state index is 0.00956. The maximum atomic E-state index is 13.9. The number of hydrogen-bond acceptors (Lipinski definition) is 4. The Balaban J connectivity index is 1.46. The predicted octanol–water partition coefficient (Wildman–Crippen LogP) is 7.96. The lowest BCUT2D eigenvalue weighted by Crippen LogP contribution is -2.21. The Bertz CT molecular complexity index is 1370. The van der Waals surface area contributed by atoms with Gasteiger partial charge in [0.1, 0.15) is 12.4 Å². The molecule has 0 aliphatic heterocycles. The van der Waals surface area contributed by atoms with Crippen molar-refractivity contribution in [1.82, 2.24) is 0 Å². The summed E-state index contributed by atoms with van der Waals surface area (Å²) in [6.45, 7) is 1.83. The quantitative estimate of drug-likeness (QED) is 0.265. The minimum atomic E-state index is -0.267. The number of halogens is 1. The molecule has 0 radical (unpaired) electrons. The molecule has 1 saturated carbocycles. The standard InChI is InChI=1S/C34H35FO4/c1-22(36)26-11-6-8-23(18-26)21-39-32-13-7-12-29(34(32)38-2)30-19-27(24-14-16-28(35)17-15-24)20-31(30)33(37)25-9-4-3-5-10-25/h6-8,11-18,20,25,27,30H,3-5,9-10,19,21H2,1-2H3. The van der Waals surface area contributed by atoms with E-state index in [1.54, 1.807) is 20.1 Å². The molecule has 2 aliphatic carbocycles. The molecule has 202 valence electrons. The van der Waals surface area contributed by atoms with Gasteiger partial charge in [-0.05, 0) is 67.2 Å². The third kappa shape index (κ3) is 5.98. The summed E-state index contributed by atoms with van der Waals surface area (Å²) in [5.41, 5.74) is 4.30. The molecule has 3 aromatic rings. The Morgan fingerprint density at radius 3 is 2.41 bits per heavy atom. The average Bonchev–Trinajstić information content (AvgIpc) is 3.41. The fraction of sp³-hybridized carbons (Fsp3) is 0.353. The Hall–Kier alpha value is -3.73. The summed E-state index contributed by atoms with van der Waals surface area (Å²) >= 11 is 0. The van der Waals surface area contributed by atoms with E-state index < -0.39 is 0 Å². The Morgan fingerprint density at radius 1 is 0.949 bits per heavy atom. The van der Waals surface area contributed by atoms with E-state index in [1.807, 2.05) is 48.5 Å². The van der Waals surface area contributed by atoms with Crippen LogP contribution in [0.4, 0.5) is 4.39 Å². The third-order valence-corrected chi connectivity index (χ3v) is 8.12. The van der Waals surface area contributed by atoms with Gasteiger partial charge < -0.3 is 9.47 Å². The van der Waals surface area contributed by atoms with Crippen molar-refractivity contribution in [2.24, 2.45) is 5.92 Å². The molecular formula is C34H35FO4. The first-order valence-electron chi connectivity index (χ1n) is 13.9. The van der Waals surface area contributed by atoms with Gasteiger partial charge in [0, 0.05) is 28.9 Å². The van der Waals surface area contributed by atoms with Gasteiger partial charge in [-0.1, -0.05) is 67.8 Å². The molecule has 2 atom stereocenters. The lowest BCUT2D eigenvalue weighted by atomic mass is 9.79. The van der Waals surface area contributed by atoms with Crippen LogP contribution in [0.2, 0.25) is 0 Å². The molecule has 2 unspecified atom stereocenters. The first-order chi connectivity index (χ1) is 18.9. The zero-order valence-corrected chi connectivity index (χ0v) is 22.6. The molecule has 4 nitrogen and oxygen atoms in total. The molecule has 2 aliphatic rings. The predicted molar refractivity (Wildman–Crippen MR) is 150 cm³/mol. The zero-order chi connectivity index (χ0) is 27.4. The third-order valence-electron chi connectivity index (χ3n) is 8.12. The number of rotatable bonds is 9. The molecule has 0 amide bonds. The first-order valence-corrected chi connectivity index (χ1v) is 13.9. The van der Waals surface area contributed by atoms with E-state index in [0.29, 0.717) is 23.5 Å². The summed E-state index contributed by atoms with van der Waals surface area (Å²) in [6, 6.07) is 19.8. The number of methoxy groups -OCH3 is 1. The number of ether oxygens (including phenoxy) is 2. The molecule has 0 spiro atoms. The molecule has 0 bridgehead atoms.